The number of benzene rings is 2. The molecule has 0 saturated carbocycles. The van der Waals surface area contributed by atoms with Gasteiger partial charge in [-0.25, -0.2) is 4.98 Å². The van der Waals surface area contributed by atoms with Gasteiger partial charge in [0.25, 0.3) is 5.91 Å². The molecule has 1 fully saturated rings. The first kappa shape index (κ1) is 23.9. The molecule has 8 heteroatoms. The minimum absolute atomic E-state index is 0.343. The third kappa shape index (κ3) is 5.08. The summed E-state index contributed by atoms with van der Waals surface area (Å²) in [7, 11) is 2.19. The number of aromatic nitrogens is 2. The molecule has 35 heavy (non-hydrogen) atoms. The van der Waals surface area contributed by atoms with E-state index in [1.807, 2.05) is 41.8 Å². The molecular formula is C27H29ClN4O2S. The first-order valence-electron chi connectivity index (χ1n) is 11.9. The summed E-state index contributed by atoms with van der Waals surface area (Å²) in [6.45, 7) is 4.22. The van der Waals surface area contributed by atoms with Gasteiger partial charge in [-0.05, 0) is 76.0 Å². The topological polar surface area (TPSA) is 73.4 Å². The highest BCUT2D eigenvalue weighted by Gasteiger charge is 2.22. The fourth-order valence-corrected chi connectivity index (χ4v) is 5.97. The smallest absolute Gasteiger partial charge is 0.262 e. The second-order valence-corrected chi connectivity index (χ2v) is 10.8. The van der Waals surface area contributed by atoms with E-state index in [4.69, 9.17) is 22.1 Å². The van der Waals surface area contributed by atoms with Crippen LogP contribution in [0.3, 0.4) is 0 Å². The molecule has 0 unspecified atom stereocenters. The molecule has 3 heterocycles. The normalized spacial score (nSPS) is 16.0. The minimum atomic E-state index is -0.519. The van der Waals surface area contributed by atoms with Crippen molar-refractivity contribution in [2.24, 2.45) is 11.7 Å². The maximum Gasteiger partial charge on any atom is 0.262 e. The summed E-state index contributed by atoms with van der Waals surface area (Å²) in [5.74, 6) is 0.638. The van der Waals surface area contributed by atoms with E-state index in [1.165, 1.54) is 29.7 Å². The molecule has 6 nitrogen and oxygen atoms in total. The van der Waals surface area contributed by atoms with Crippen LogP contribution in [0.15, 0.2) is 54.9 Å². The number of nitrogens with two attached hydrogens (primary N) is 1. The highest BCUT2D eigenvalue weighted by Crippen LogP contribution is 2.37. The number of rotatable bonds is 7. The van der Waals surface area contributed by atoms with E-state index in [-0.39, 0.29) is 6.10 Å². The molecule has 5 rings (SSSR count). The van der Waals surface area contributed by atoms with Gasteiger partial charge in [0.15, 0.2) is 0 Å². The Morgan fingerprint density at radius 2 is 2.00 bits per heavy atom. The van der Waals surface area contributed by atoms with Gasteiger partial charge in [-0.2, -0.15) is 0 Å². The number of imidazole rings is 1. The molecule has 0 bridgehead atoms. The van der Waals surface area contributed by atoms with E-state index in [9.17, 15) is 4.79 Å². The Labute approximate surface area is 214 Å². The van der Waals surface area contributed by atoms with Gasteiger partial charge in [-0.1, -0.05) is 35.9 Å². The summed E-state index contributed by atoms with van der Waals surface area (Å²) in [4.78, 5) is 19.6. The number of ether oxygens (including phenoxy) is 1. The average Bonchev–Trinajstić information content (AvgIpc) is 3.44. The standard InChI is InChI=1S/C27H29ClN4O2S/c1-17(20-5-3-4-6-21(20)28)34-24-15-25(35-26(24)27(29)33)32-16-30-22-8-7-19(14-23(22)32)13-18-9-11-31(2)12-10-18/h3-8,14-18H,9-13H2,1-2H3,(H2,29,33)/t17-/m1/s1. The lowest BCUT2D eigenvalue weighted by Crippen LogP contribution is -2.30. The van der Waals surface area contributed by atoms with E-state index in [0.29, 0.717) is 21.6 Å². The van der Waals surface area contributed by atoms with Crippen LogP contribution in [-0.2, 0) is 6.42 Å². The highest BCUT2D eigenvalue weighted by molar-refractivity contribution is 7.16. The van der Waals surface area contributed by atoms with Crippen molar-refractivity contribution >= 4 is 39.9 Å². The second kappa shape index (κ2) is 10.0. The predicted molar refractivity (Wildman–Crippen MR) is 142 cm³/mol. The Bertz CT molecular complexity index is 1360. The van der Waals surface area contributed by atoms with Crippen LogP contribution in [0.5, 0.6) is 5.75 Å². The van der Waals surface area contributed by atoms with E-state index in [0.717, 1.165) is 41.1 Å². The molecule has 1 aliphatic heterocycles. The van der Waals surface area contributed by atoms with Crippen LogP contribution in [0.1, 0.15) is 46.7 Å². The first-order chi connectivity index (χ1) is 16.9. The van der Waals surface area contributed by atoms with Crippen LogP contribution >= 0.6 is 22.9 Å². The van der Waals surface area contributed by atoms with Crippen molar-refractivity contribution in [1.29, 1.82) is 0 Å². The Balaban J connectivity index is 1.44. The number of carbonyl (C=O) groups is 1. The quantitative estimate of drug-likeness (QED) is 0.339. The number of thiophene rings is 1. The molecule has 0 spiro atoms. The SMILES string of the molecule is C[C@@H](Oc1cc(-n2cnc3ccc(CC4CCN(C)CC4)cc32)sc1C(N)=O)c1ccccc1Cl. The van der Waals surface area contributed by atoms with Gasteiger partial charge in [0.1, 0.15) is 28.1 Å². The molecule has 0 radical (unpaired) electrons. The highest BCUT2D eigenvalue weighted by atomic mass is 35.5. The molecule has 1 atom stereocenters. The van der Waals surface area contributed by atoms with Crippen molar-refractivity contribution in [1.82, 2.24) is 14.5 Å². The van der Waals surface area contributed by atoms with Crippen LogP contribution in [0.4, 0.5) is 0 Å². The Hall–Kier alpha value is -2.87. The Morgan fingerprint density at radius 3 is 2.74 bits per heavy atom. The molecule has 1 aliphatic rings. The maximum absolute atomic E-state index is 12.3. The number of likely N-dealkylation sites (tertiary alicyclic amines) is 1. The zero-order valence-electron chi connectivity index (χ0n) is 19.9. The summed E-state index contributed by atoms with van der Waals surface area (Å²) in [5.41, 5.74) is 9.80. The number of hydrogen-bond acceptors (Lipinski definition) is 5. The number of primary amides is 1. The number of halogens is 1. The molecule has 2 aromatic carbocycles. The minimum Gasteiger partial charge on any atom is -0.484 e. The number of nitrogens with zero attached hydrogens (tertiary/aromatic N) is 3. The molecular weight excluding hydrogens is 480 g/mol. The molecule has 2 N–H and O–H groups in total. The van der Waals surface area contributed by atoms with Gasteiger partial charge >= 0.3 is 0 Å². The third-order valence-corrected chi connectivity index (χ3v) is 8.24. The fourth-order valence-electron chi connectivity index (χ4n) is 4.75. The first-order valence-corrected chi connectivity index (χ1v) is 13.1. The lowest BCUT2D eigenvalue weighted by molar-refractivity contribution is 0.0998. The van der Waals surface area contributed by atoms with Crippen molar-refractivity contribution in [3.8, 4) is 10.8 Å². The number of hydrogen-bond donors (Lipinski definition) is 1. The molecule has 1 amide bonds. The summed E-state index contributed by atoms with van der Waals surface area (Å²) in [6.07, 6.45) is 4.97. The van der Waals surface area contributed by atoms with E-state index < -0.39 is 5.91 Å². The van der Waals surface area contributed by atoms with Crippen LogP contribution in [0, 0.1) is 5.92 Å². The zero-order valence-corrected chi connectivity index (χ0v) is 21.5. The Morgan fingerprint density at radius 1 is 1.23 bits per heavy atom. The van der Waals surface area contributed by atoms with Crippen LogP contribution in [-0.4, -0.2) is 40.5 Å². The monoisotopic (exact) mass is 508 g/mol. The number of fused-ring (bicyclic) bond motifs is 1. The van der Waals surface area contributed by atoms with E-state index in [1.54, 1.807) is 6.33 Å². The van der Waals surface area contributed by atoms with Gasteiger partial charge in [-0.15, -0.1) is 11.3 Å². The van der Waals surface area contributed by atoms with Crippen LogP contribution < -0.4 is 10.5 Å². The molecule has 182 valence electrons. The Kier molecular flexibility index (Phi) is 6.82. The van der Waals surface area contributed by atoms with Crippen LogP contribution in [0.25, 0.3) is 16.0 Å². The molecule has 4 aromatic rings. The van der Waals surface area contributed by atoms with Gasteiger partial charge in [0.2, 0.25) is 0 Å². The fraction of sp³-hybridized carbons (Fsp3) is 0.333. The van der Waals surface area contributed by atoms with Gasteiger partial charge in [0.05, 0.1) is 11.0 Å². The van der Waals surface area contributed by atoms with Gasteiger partial charge < -0.3 is 15.4 Å². The number of carbonyl (C=O) groups excluding carboxylic acids is 1. The molecule has 2 aromatic heterocycles. The summed E-state index contributed by atoms with van der Waals surface area (Å²) in [6, 6.07) is 15.9. The zero-order chi connectivity index (χ0) is 24.5. The second-order valence-electron chi connectivity index (χ2n) is 9.31. The summed E-state index contributed by atoms with van der Waals surface area (Å²) >= 11 is 7.66. The molecule has 1 saturated heterocycles. The van der Waals surface area contributed by atoms with Crippen molar-refractivity contribution in [2.75, 3.05) is 20.1 Å². The number of piperidine rings is 1. The van der Waals surface area contributed by atoms with E-state index >= 15 is 0 Å². The van der Waals surface area contributed by atoms with E-state index in [2.05, 4.69) is 35.1 Å². The van der Waals surface area contributed by atoms with Crippen molar-refractivity contribution in [3.63, 3.8) is 0 Å². The predicted octanol–water partition coefficient (Wildman–Crippen LogP) is 5.86. The van der Waals surface area contributed by atoms with Crippen molar-refractivity contribution in [3.05, 3.63) is 75.9 Å². The van der Waals surface area contributed by atoms with Crippen molar-refractivity contribution in [2.45, 2.75) is 32.3 Å². The van der Waals surface area contributed by atoms with Crippen LogP contribution in [0.2, 0.25) is 5.02 Å². The summed E-state index contributed by atoms with van der Waals surface area (Å²) in [5, 5.41) is 1.45. The largest absolute Gasteiger partial charge is 0.484 e. The van der Waals surface area contributed by atoms with Gasteiger partial charge in [0, 0.05) is 16.7 Å². The molecule has 0 aliphatic carbocycles. The lowest BCUT2D eigenvalue weighted by atomic mass is 9.90. The third-order valence-electron chi connectivity index (χ3n) is 6.77. The van der Waals surface area contributed by atoms with Crippen molar-refractivity contribution < 1.29 is 9.53 Å². The number of amides is 1. The van der Waals surface area contributed by atoms with Gasteiger partial charge in [-0.3, -0.25) is 9.36 Å². The average molecular weight is 509 g/mol. The maximum atomic E-state index is 12.3. The lowest BCUT2D eigenvalue weighted by Gasteiger charge is -2.28. The summed E-state index contributed by atoms with van der Waals surface area (Å²) < 4.78 is 8.20.